The Balaban J connectivity index is 1.78. The van der Waals surface area contributed by atoms with Gasteiger partial charge in [0.2, 0.25) is 10.0 Å². The summed E-state index contributed by atoms with van der Waals surface area (Å²) >= 11 is 0. The number of nitrogens with one attached hydrogen (secondary N) is 1. The highest BCUT2D eigenvalue weighted by molar-refractivity contribution is 7.91. The summed E-state index contributed by atoms with van der Waals surface area (Å²) in [5, 5.41) is 9.12. The summed E-state index contributed by atoms with van der Waals surface area (Å²) in [6, 6.07) is 4.62. The summed E-state index contributed by atoms with van der Waals surface area (Å²) in [4.78, 5) is 14.2. The number of amides is 1. The maximum Gasteiger partial charge on any atom is 0.261 e. The second kappa shape index (κ2) is 9.82. The van der Waals surface area contributed by atoms with Crippen LogP contribution in [-0.4, -0.2) is 87.0 Å². The molecule has 0 radical (unpaired) electrons. The predicted octanol–water partition coefficient (Wildman–Crippen LogP) is 0.233. The summed E-state index contributed by atoms with van der Waals surface area (Å²) in [6.45, 7) is 3.20. The Hall–Kier alpha value is -1.73. The molecule has 3 rings (SSSR count). The van der Waals surface area contributed by atoms with Gasteiger partial charge in [-0.25, -0.2) is 22.3 Å². The summed E-state index contributed by atoms with van der Waals surface area (Å²) in [7, 11) is -7.10. The Morgan fingerprint density at radius 1 is 1.23 bits per heavy atom. The zero-order valence-electron chi connectivity index (χ0n) is 17.4. The van der Waals surface area contributed by atoms with Crippen molar-refractivity contribution in [1.82, 2.24) is 14.7 Å². The largest absolute Gasteiger partial charge is 0.494 e. The zero-order chi connectivity index (χ0) is 22.6. The Kier molecular flexibility index (Phi) is 7.58. The van der Waals surface area contributed by atoms with Gasteiger partial charge < -0.3 is 4.74 Å². The van der Waals surface area contributed by atoms with Crippen LogP contribution in [0.2, 0.25) is 0 Å². The van der Waals surface area contributed by atoms with Crippen LogP contribution in [0.5, 0.6) is 5.75 Å². The molecular weight excluding hydrogens is 446 g/mol. The van der Waals surface area contributed by atoms with Gasteiger partial charge >= 0.3 is 0 Å². The van der Waals surface area contributed by atoms with E-state index in [-0.39, 0.29) is 48.5 Å². The molecule has 174 valence electrons. The number of hydrogen-bond acceptors (Lipinski definition) is 8. The van der Waals surface area contributed by atoms with Gasteiger partial charge in [0.15, 0.2) is 9.84 Å². The molecule has 0 spiro atoms. The Morgan fingerprint density at radius 3 is 2.45 bits per heavy atom. The summed E-state index contributed by atoms with van der Waals surface area (Å²) < 4.78 is 56.6. The van der Waals surface area contributed by atoms with E-state index in [2.05, 4.69) is 0 Å². The SMILES string of the molecule is CCCCOc1ccc(S(=O)(=O)N2CC(N3CCS(=O)(=O)CC3)CC2C(=O)NO)cc1. The number of hydrogen-bond donors (Lipinski definition) is 2. The van der Waals surface area contributed by atoms with Gasteiger partial charge in [-0.15, -0.1) is 0 Å². The minimum Gasteiger partial charge on any atom is -0.494 e. The molecular formula is C19H29N3O7S2. The van der Waals surface area contributed by atoms with Gasteiger partial charge in [0, 0.05) is 25.7 Å². The number of hydroxylamine groups is 1. The first-order chi connectivity index (χ1) is 14.7. The first kappa shape index (κ1) is 23.9. The number of benzene rings is 1. The molecule has 2 aliphatic rings. The van der Waals surface area contributed by atoms with Gasteiger partial charge in [0.25, 0.3) is 5.91 Å². The summed E-state index contributed by atoms with van der Waals surface area (Å²) in [5.41, 5.74) is 1.56. The summed E-state index contributed by atoms with van der Waals surface area (Å²) in [6.07, 6.45) is 2.05. The summed E-state index contributed by atoms with van der Waals surface area (Å²) in [5.74, 6) is -0.236. The number of sulfonamides is 1. The number of carbonyl (C=O) groups is 1. The average molecular weight is 476 g/mol. The second-order valence-electron chi connectivity index (χ2n) is 7.82. The molecule has 1 amide bonds. The van der Waals surface area contributed by atoms with Crippen LogP contribution < -0.4 is 10.2 Å². The van der Waals surface area contributed by atoms with Gasteiger partial charge in [-0.2, -0.15) is 4.31 Å². The van der Waals surface area contributed by atoms with Crippen molar-refractivity contribution in [2.24, 2.45) is 0 Å². The molecule has 2 N–H and O–H groups in total. The van der Waals surface area contributed by atoms with E-state index in [0.29, 0.717) is 12.4 Å². The monoisotopic (exact) mass is 475 g/mol. The highest BCUT2D eigenvalue weighted by Crippen LogP contribution is 2.30. The standard InChI is InChI=1S/C19H29N3O7S2/c1-2-3-10-29-16-4-6-17(7-5-16)31(27,28)22-14-15(13-18(22)19(23)20-24)21-8-11-30(25,26)12-9-21/h4-7,15,18,24H,2-3,8-14H2,1H3,(H,20,23). The van der Waals surface area contributed by atoms with Crippen LogP contribution in [0.15, 0.2) is 29.2 Å². The molecule has 0 saturated carbocycles. The lowest BCUT2D eigenvalue weighted by molar-refractivity contribution is -0.132. The van der Waals surface area contributed by atoms with Crippen molar-refractivity contribution in [3.8, 4) is 5.75 Å². The smallest absolute Gasteiger partial charge is 0.261 e. The fraction of sp³-hybridized carbons (Fsp3) is 0.632. The van der Waals surface area contributed by atoms with Crippen LogP contribution in [0.4, 0.5) is 0 Å². The lowest BCUT2D eigenvalue weighted by atomic mass is 10.1. The molecule has 1 aromatic carbocycles. The molecule has 2 fully saturated rings. The predicted molar refractivity (Wildman–Crippen MR) is 113 cm³/mol. The van der Waals surface area contributed by atoms with Crippen molar-refractivity contribution in [2.75, 3.05) is 37.7 Å². The maximum absolute atomic E-state index is 13.3. The normalized spacial score (nSPS) is 24.7. The number of carbonyl (C=O) groups excluding carboxylic acids is 1. The zero-order valence-corrected chi connectivity index (χ0v) is 19.1. The van der Waals surface area contributed by atoms with E-state index in [1.165, 1.54) is 12.1 Å². The van der Waals surface area contributed by atoms with E-state index in [1.807, 2.05) is 11.8 Å². The maximum atomic E-state index is 13.3. The molecule has 10 nitrogen and oxygen atoms in total. The van der Waals surface area contributed by atoms with Gasteiger partial charge in [0.05, 0.1) is 23.0 Å². The number of rotatable bonds is 8. The van der Waals surface area contributed by atoms with Crippen molar-refractivity contribution in [1.29, 1.82) is 0 Å². The molecule has 2 saturated heterocycles. The van der Waals surface area contributed by atoms with Crippen LogP contribution in [0.3, 0.4) is 0 Å². The number of sulfone groups is 1. The quantitative estimate of drug-likeness (QED) is 0.310. The van der Waals surface area contributed by atoms with Gasteiger partial charge in [-0.05, 0) is 37.1 Å². The van der Waals surface area contributed by atoms with Crippen LogP contribution in [0.1, 0.15) is 26.2 Å². The van der Waals surface area contributed by atoms with Crippen molar-refractivity contribution < 1.29 is 31.6 Å². The fourth-order valence-corrected chi connectivity index (χ4v) is 6.76. The molecule has 2 atom stereocenters. The lowest BCUT2D eigenvalue weighted by Crippen LogP contribution is -2.47. The molecule has 0 aromatic heterocycles. The molecule has 31 heavy (non-hydrogen) atoms. The van der Waals surface area contributed by atoms with Crippen molar-refractivity contribution in [3.05, 3.63) is 24.3 Å². The van der Waals surface area contributed by atoms with Crippen molar-refractivity contribution in [2.45, 2.75) is 43.2 Å². The third-order valence-corrected chi connectivity index (χ3v) is 9.24. The van der Waals surface area contributed by atoms with Gasteiger partial charge in [-0.3, -0.25) is 14.9 Å². The molecule has 2 heterocycles. The lowest BCUT2D eigenvalue weighted by Gasteiger charge is -2.31. The first-order valence-electron chi connectivity index (χ1n) is 10.3. The van der Waals surface area contributed by atoms with E-state index in [0.717, 1.165) is 17.1 Å². The van der Waals surface area contributed by atoms with Gasteiger partial charge in [0.1, 0.15) is 11.8 Å². The molecule has 2 unspecified atom stereocenters. The van der Waals surface area contributed by atoms with E-state index >= 15 is 0 Å². The van der Waals surface area contributed by atoms with Crippen LogP contribution in [0, 0.1) is 0 Å². The fourth-order valence-electron chi connectivity index (χ4n) is 3.90. The van der Waals surface area contributed by atoms with E-state index in [4.69, 9.17) is 9.94 Å². The third kappa shape index (κ3) is 5.55. The minimum absolute atomic E-state index is 0.00655. The number of ether oxygens (including phenoxy) is 1. The van der Waals surface area contributed by atoms with E-state index < -0.39 is 31.8 Å². The highest BCUT2D eigenvalue weighted by atomic mass is 32.2. The molecule has 0 aliphatic carbocycles. The highest BCUT2D eigenvalue weighted by Gasteiger charge is 2.46. The Bertz CT molecular complexity index is 966. The van der Waals surface area contributed by atoms with Gasteiger partial charge in [-0.1, -0.05) is 13.3 Å². The molecule has 0 bridgehead atoms. The molecule has 1 aromatic rings. The Morgan fingerprint density at radius 2 is 1.87 bits per heavy atom. The minimum atomic E-state index is -4.02. The topological polar surface area (TPSA) is 133 Å². The van der Waals surface area contributed by atoms with Crippen LogP contribution >= 0.6 is 0 Å². The molecule has 2 aliphatic heterocycles. The van der Waals surface area contributed by atoms with Crippen LogP contribution in [-0.2, 0) is 24.7 Å². The Labute approximate surface area is 183 Å². The van der Waals surface area contributed by atoms with Crippen molar-refractivity contribution >= 4 is 25.8 Å². The van der Waals surface area contributed by atoms with E-state index in [9.17, 15) is 21.6 Å². The number of nitrogens with zero attached hydrogens (tertiary/aromatic N) is 2. The molecule has 12 heteroatoms. The number of unbranched alkanes of at least 4 members (excludes halogenated alkanes) is 1. The average Bonchev–Trinajstić information content (AvgIpc) is 3.20. The van der Waals surface area contributed by atoms with Crippen molar-refractivity contribution in [3.63, 3.8) is 0 Å². The third-order valence-electron chi connectivity index (χ3n) is 5.74. The first-order valence-corrected chi connectivity index (χ1v) is 13.6. The van der Waals surface area contributed by atoms with Crippen LogP contribution in [0.25, 0.3) is 0 Å². The second-order valence-corrected chi connectivity index (χ2v) is 12.0. The van der Waals surface area contributed by atoms with E-state index in [1.54, 1.807) is 17.6 Å².